The van der Waals surface area contributed by atoms with Gasteiger partial charge in [-0.2, -0.15) is 5.10 Å². The number of benzene rings is 1. The summed E-state index contributed by atoms with van der Waals surface area (Å²) in [5.74, 6) is -1.01. The van der Waals surface area contributed by atoms with E-state index < -0.39 is 5.97 Å². The number of nitrogens with zero attached hydrogens (tertiary/aromatic N) is 1. The first kappa shape index (κ1) is 10.4. The van der Waals surface area contributed by atoms with Gasteiger partial charge in [0.2, 0.25) is 0 Å². The van der Waals surface area contributed by atoms with Gasteiger partial charge in [-0.3, -0.25) is 5.10 Å². The SMILES string of the molecule is Cc1ccccc1Cc1cc(C(=O)O)n[nH]1. The van der Waals surface area contributed by atoms with Crippen LogP contribution in [0.2, 0.25) is 0 Å². The number of aromatic amines is 1. The average molecular weight is 216 g/mol. The number of carbonyl (C=O) groups is 1. The maximum Gasteiger partial charge on any atom is 0.356 e. The summed E-state index contributed by atoms with van der Waals surface area (Å²) in [6.45, 7) is 2.03. The number of aromatic nitrogens is 2. The first-order chi connectivity index (χ1) is 7.66. The molecule has 2 rings (SSSR count). The molecule has 1 heterocycles. The summed E-state index contributed by atoms with van der Waals surface area (Å²) in [7, 11) is 0. The number of hydrogen-bond acceptors (Lipinski definition) is 2. The zero-order valence-electron chi connectivity index (χ0n) is 8.90. The van der Waals surface area contributed by atoms with Gasteiger partial charge in [-0.1, -0.05) is 24.3 Å². The smallest absolute Gasteiger partial charge is 0.356 e. The summed E-state index contributed by atoms with van der Waals surface area (Å²) in [5, 5.41) is 15.2. The van der Waals surface area contributed by atoms with Crippen molar-refractivity contribution < 1.29 is 9.90 Å². The minimum atomic E-state index is -1.01. The van der Waals surface area contributed by atoms with Gasteiger partial charge in [0.05, 0.1) is 0 Å². The van der Waals surface area contributed by atoms with Gasteiger partial charge in [0.25, 0.3) is 0 Å². The average Bonchev–Trinajstić information content (AvgIpc) is 2.70. The molecular weight excluding hydrogens is 204 g/mol. The molecule has 1 aromatic heterocycles. The quantitative estimate of drug-likeness (QED) is 0.824. The fourth-order valence-corrected chi connectivity index (χ4v) is 1.58. The number of aryl methyl sites for hydroxylation is 1. The summed E-state index contributed by atoms with van der Waals surface area (Å²) >= 11 is 0. The lowest BCUT2D eigenvalue weighted by Crippen LogP contribution is -1.95. The number of rotatable bonds is 3. The standard InChI is InChI=1S/C12H12N2O2/c1-8-4-2-3-5-9(8)6-10-7-11(12(15)16)14-13-10/h2-5,7H,6H2,1H3,(H,13,14)(H,15,16). The van der Waals surface area contributed by atoms with Gasteiger partial charge in [0.1, 0.15) is 0 Å². The lowest BCUT2D eigenvalue weighted by atomic mass is 10.0. The van der Waals surface area contributed by atoms with Crippen molar-refractivity contribution in [3.05, 3.63) is 52.8 Å². The second-order valence-electron chi connectivity index (χ2n) is 3.69. The zero-order valence-corrected chi connectivity index (χ0v) is 8.90. The molecule has 0 radical (unpaired) electrons. The Bertz CT molecular complexity index is 517. The largest absolute Gasteiger partial charge is 0.476 e. The Hall–Kier alpha value is -2.10. The summed E-state index contributed by atoms with van der Waals surface area (Å²) in [6.07, 6.45) is 0.674. The molecular formula is C12H12N2O2. The molecule has 2 aromatic rings. The van der Waals surface area contributed by atoms with E-state index in [0.717, 1.165) is 5.69 Å². The van der Waals surface area contributed by atoms with Gasteiger partial charge in [-0.15, -0.1) is 0 Å². The molecule has 0 saturated heterocycles. The molecule has 0 saturated carbocycles. The van der Waals surface area contributed by atoms with E-state index in [-0.39, 0.29) is 5.69 Å². The van der Waals surface area contributed by atoms with Gasteiger partial charge in [0.15, 0.2) is 5.69 Å². The van der Waals surface area contributed by atoms with E-state index >= 15 is 0 Å². The normalized spacial score (nSPS) is 10.3. The van der Waals surface area contributed by atoms with Crippen LogP contribution in [0.3, 0.4) is 0 Å². The first-order valence-electron chi connectivity index (χ1n) is 4.99. The lowest BCUT2D eigenvalue weighted by Gasteiger charge is -2.02. The predicted octanol–water partition coefficient (Wildman–Crippen LogP) is 2.01. The van der Waals surface area contributed by atoms with Crippen LogP contribution < -0.4 is 0 Å². The molecule has 0 fully saturated rings. The molecule has 82 valence electrons. The van der Waals surface area contributed by atoms with E-state index in [1.165, 1.54) is 11.1 Å². The van der Waals surface area contributed by atoms with Crippen LogP contribution >= 0.6 is 0 Å². The van der Waals surface area contributed by atoms with E-state index in [0.29, 0.717) is 6.42 Å². The highest BCUT2D eigenvalue weighted by atomic mass is 16.4. The van der Waals surface area contributed by atoms with Gasteiger partial charge >= 0.3 is 5.97 Å². The minimum Gasteiger partial charge on any atom is -0.476 e. The highest BCUT2D eigenvalue weighted by molar-refractivity contribution is 5.85. The van der Waals surface area contributed by atoms with Crippen LogP contribution in [0.15, 0.2) is 30.3 Å². The third-order valence-electron chi connectivity index (χ3n) is 2.49. The Labute approximate surface area is 92.9 Å². The number of H-pyrrole nitrogens is 1. The predicted molar refractivity (Wildman–Crippen MR) is 59.5 cm³/mol. The Morgan fingerprint density at radius 3 is 2.81 bits per heavy atom. The van der Waals surface area contributed by atoms with Crippen molar-refractivity contribution in [3.63, 3.8) is 0 Å². The molecule has 0 aliphatic rings. The van der Waals surface area contributed by atoms with Crippen LogP contribution in [0, 0.1) is 6.92 Å². The second-order valence-corrected chi connectivity index (χ2v) is 3.69. The van der Waals surface area contributed by atoms with Crippen LogP contribution in [0.4, 0.5) is 0 Å². The Kier molecular flexibility index (Phi) is 2.72. The van der Waals surface area contributed by atoms with Crippen molar-refractivity contribution in [1.29, 1.82) is 0 Å². The summed E-state index contributed by atoms with van der Waals surface area (Å²) in [6, 6.07) is 9.57. The van der Waals surface area contributed by atoms with Crippen LogP contribution in [-0.2, 0) is 6.42 Å². The summed E-state index contributed by atoms with van der Waals surface area (Å²) in [4.78, 5) is 10.7. The molecule has 0 spiro atoms. The highest BCUT2D eigenvalue weighted by Crippen LogP contribution is 2.12. The summed E-state index contributed by atoms with van der Waals surface area (Å²) < 4.78 is 0. The van der Waals surface area contributed by atoms with Crippen LogP contribution in [-0.4, -0.2) is 21.3 Å². The van der Waals surface area contributed by atoms with Gasteiger partial charge in [-0.05, 0) is 24.1 Å². The lowest BCUT2D eigenvalue weighted by molar-refractivity contribution is 0.0690. The molecule has 0 aliphatic heterocycles. The highest BCUT2D eigenvalue weighted by Gasteiger charge is 2.08. The van der Waals surface area contributed by atoms with Crippen molar-refractivity contribution in [2.24, 2.45) is 0 Å². The maximum atomic E-state index is 10.7. The van der Waals surface area contributed by atoms with Crippen molar-refractivity contribution in [2.75, 3.05) is 0 Å². The zero-order chi connectivity index (χ0) is 11.5. The molecule has 0 atom stereocenters. The maximum absolute atomic E-state index is 10.7. The first-order valence-corrected chi connectivity index (χ1v) is 4.99. The number of hydrogen-bond donors (Lipinski definition) is 2. The van der Waals surface area contributed by atoms with E-state index in [1.807, 2.05) is 31.2 Å². The number of carboxylic acid groups (broad SMARTS) is 1. The third-order valence-corrected chi connectivity index (χ3v) is 2.49. The molecule has 0 amide bonds. The van der Waals surface area contributed by atoms with Crippen molar-refractivity contribution in [2.45, 2.75) is 13.3 Å². The van der Waals surface area contributed by atoms with Crippen molar-refractivity contribution in [1.82, 2.24) is 10.2 Å². The molecule has 1 aromatic carbocycles. The van der Waals surface area contributed by atoms with E-state index in [9.17, 15) is 4.79 Å². The van der Waals surface area contributed by atoms with E-state index in [1.54, 1.807) is 6.07 Å². The second kappa shape index (κ2) is 4.18. The molecule has 4 nitrogen and oxygen atoms in total. The third kappa shape index (κ3) is 2.11. The summed E-state index contributed by atoms with van der Waals surface area (Å²) in [5.41, 5.74) is 3.23. The molecule has 0 bridgehead atoms. The molecule has 2 N–H and O–H groups in total. The van der Waals surface area contributed by atoms with Gasteiger partial charge in [-0.25, -0.2) is 4.79 Å². The monoisotopic (exact) mass is 216 g/mol. The van der Waals surface area contributed by atoms with Crippen molar-refractivity contribution in [3.8, 4) is 0 Å². The van der Waals surface area contributed by atoms with Gasteiger partial charge in [0, 0.05) is 12.1 Å². The van der Waals surface area contributed by atoms with Crippen LogP contribution in [0.25, 0.3) is 0 Å². The van der Waals surface area contributed by atoms with Gasteiger partial charge < -0.3 is 5.11 Å². The molecule has 4 heteroatoms. The Balaban J connectivity index is 2.21. The topological polar surface area (TPSA) is 66.0 Å². The van der Waals surface area contributed by atoms with Crippen molar-refractivity contribution >= 4 is 5.97 Å². The fourth-order valence-electron chi connectivity index (χ4n) is 1.58. The number of carboxylic acids is 1. The van der Waals surface area contributed by atoms with E-state index in [2.05, 4.69) is 10.2 Å². The fraction of sp³-hybridized carbons (Fsp3) is 0.167. The molecule has 0 aliphatic carbocycles. The minimum absolute atomic E-state index is 0.0589. The van der Waals surface area contributed by atoms with Crippen LogP contribution in [0.1, 0.15) is 27.3 Å². The number of aromatic carboxylic acids is 1. The van der Waals surface area contributed by atoms with Crippen LogP contribution in [0.5, 0.6) is 0 Å². The Morgan fingerprint density at radius 2 is 2.19 bits per heavy atom. The Morgan fingerprint density at radius 1 is 1.44 bits per heavy atom. The molecule has 16 heavy (non-hydrogen) atoms. The molecule has 0 unspecified atom stereocenters. The number of nitrogens with one attached hydrogen (secondary N) is 1. The van der Waals surface area contributed by atoms with E-state index in [4.69, 9.17) is 5.11 Å².